The molecule has 1 aromatic carbocycles. The van der Waals surface area contributed by atoms with E-state index >= 15 is 0 Å². The second-order valence-electron chi connectivity index (χ2n) is 5.62. The zero-order chi connectivity index (χ0) is 14.9. The molecule has 0 spiro atoms. The van der Waals surface area contributed by atoms with E-state index in [-0.39, 0.29) is 11.2 Å². The maximum Gasteiger partial charge on any atom is 0.277 e. The van der Waals surface area contributed by atoms with Gasteiger partial charge < -0.3 is 10.5 Å². The molecule has 6 heteroatoms. The Labute approximate surface area is 122 Å². The van der Waals surface area contributed by atoms with Gasteiger partial charge in [0.25, 0.3) is 5.69 Å². The molecule has 0 bridgehead atoms. The van der Waals surface area contributed by atoms with Gasteiger partial charge in [0.2, 0.25) is 0 Å². The lowest BCUT2D eigenvalue weighted by Gasteiger charge is -2.23. The maximum absolute atomic E-state index is 11.1. The number of aromatic nitrogens is 1. The van der Waals surface area contributed by atoms with E-state index in [0.29, 0.717) is 23.1 Å². The lowest BCUT2D eigenvalue weighted by atomic mass is 10.0. The SMILES string of the molecule is NC1(COc2ccc([N+](=O)[O-])c3ccncc23)CCCC1. The van der Waals surface area contributed by atoms with Gasteiger partial charge in [-0.2, -0.15) is 0 Å². The van der Waals surface area contributed by atoms with Gasteiger partial charge in [0.1, 0.15) is 12.4 Å². The summed E-state index contributed by atoms with van der Waals surface area (Å²) in [5, 5.41) is 12.2. The number of nitro groups is 1. The third kappa shape index (κ3) is 2.67. The fraction of sp³-hybridized carbons (Fsp3) is 0.400. The normalized spacial score (nSPS) is 17.0. The van der Waals surface area contributed by atoms with Crippen LogP contribution in [0.5, 0.6) is 5.75 Å². The molecular formula is C15H17N3O3. The number of benzene rings is 1. The van der Waals surface area contributed by atoms with Crippen molar-refractivity contribution in [2.45, 2.75) is 31.2 Å². The van der Waals surface area contributed by atoms with Crippen LogP contribution in [0.1, 0.15) is 25.7 Å². The van der Waals surface area contributed by atoms with Crippen molar-refractivity contribution in [3.63, 3.8) is 0 Å². The van der Waals surface area contributed by atoms with Crippen molar-refractivity contribution in [2.75, 3.05) is 6.61 Å². The molecule has 0 aliphatic heterocycles. The van der Waals surface area contributed by atoms with E-state index in [1.807, 2.05) is 0 Å². The average molecular weight is 287 g/mol. The Kier molecular flexibility index (Phi) is 3.47. The Morgan fingerprint density at radius 3 is 2.76 bits per heavy atom. The molecular weight excluding hydrogens is 270 g/mol. The molecule has 1 aliphatic carbocycles. The molecule has 1 aromatic heterocycles. The van der Waals surface area contributed by atoms with Gasteiger partial charge in [0.15, 0.2) is 0 Å². The first-order valence-corrected chi connectivity index (χ1v) is 7.02. The molecule has 110 valence electrons. The van der Waals surface area contributed by atoms with E-state index in [9.17, 15) is 10.1 Å². The summed E-state index contributed by atoms with van der Waals surface area (Å²) in [4.78, 5) is 14.7. The number of hydrogen-bond acceptors (Lipinski definition) is 5. The summed E-state index contributed by atoms with van der Waals surface area (Å²) in [6.07, 6.45) is 7.30. The minimum atomic E-state index is -0.395. The molecule has 2 aromatic rings. The molecule has 0 unspecified atom stereocenters. The summed E-state index contributed by atoms with van der Waals surface area (Å²) in [5.74, 6) is 0.598. The second kappa shape index (κ2) is 5.29. The van der Waals surface area contributed by atoms with Crippen molar-refractivity contribution < 1.29 is 9.66 Å². The number of nitrogens with zero attached hydrogens (tertiary/aromatic N) is 2. The second-order valence-corrected chi connectivity index (χ2v) is 5.62. The van der Waals surface area contributed by atoms with Crippen molar-refractivity contribution in [3.05, 3.63) is 40.7 Å². The Morgan fingerprint density at radius 1 is 1.29 bits per heavy atom. The van der Waals surface area contributed by atoms with E-state index in [2.05, 4.69) is 4.98 Å². The molecule has 1 aliphatic rings. The molecule has 0 atom stereocenters. The molecule has 0 saturated heterocycles. The van der Waals surface area contributed by atoms with Crippen LogP contribution in [0.4, 0.5) is 5.69 Å². The minimum Gasteiger partial charge on any atom is -0.491 e. The summed E-state index contributed by atoms with van der Waals surface area (Å²) >= 11 is 0. The van der Waals surface area contributed by atoms with Gasteiger partial charge in [-0.05, 0) is 25.0 Å². The van der Waals surface area contributed by atoms with Crippen LogP contribution < -0.4 is 10.5 Å². The third-order valence-corrected chi connectivity index (χ3v) is 4.07. The molecule has 6 nitrogen and oxygen atoms in total. The third-order valence-electron chi connectivity index (χ3n) is 4.07. The first-order valence-electron chi connectivity index (χ1n) is 7.02. The van der Waals surface area contributed by atoms with Crippen molar-refractivity contribution in [1.29, 1.82) is 0 Å². The number of fused-ring (bicyclic) bond motifs is 1. The van der Waals surface area contributed by atoms with Gasteiger partial charge in [0.05, 0.1) is 15.8 Å². The lowest BCUT2D eigenvalue weighted by molar-refractivity contribution is -0.383. The van der Waals surface area contributed by atoms with Crippen LogP contribution in [-0.4, -0.2) is 22.1 Å². The minimum absolute atomic E-state index is 0.0584. The van der Waals surface area contributed by atoms with Gasteiger partial charge in [-0.25, -0.2) is 0 Å². The van der Waals surface area contributed by atoms with Crippen molar-refractivity contribution in [2.24, 2.45) is 5.73 Å². The fourth-order valence-electron chi connectivity index (χ4n) is 2.88. The molecule has 3 rings (SSSR count). The zero-order valence-electron chi connectivity index (χ0n) is 11.6. The molecule has 1 saturated carbocycles. The first kappa shape index (κ1) is 13.8. The summed E-state index contributed by atoms with van der Waals surface area (Å²) in [7, 11) is 0. The molecule has 0 amide bonds. The van der Waals surface area contributed by atoms with Gasteiger partial charge in [-0.3, -0.25) is 15.1 Å². The van der Waals surface area contributed by atoms with Crippen molar-refractivity contribution in [1.82, 2.24) is 4.98 Å². The molecule has 0 radical (unpaired) electrons. The highest BCUT2D eigenvalue weighted by atomic mass is 16.6. The van der Waals surface area contributed by atoms with E-state index < -0.39 is 4.92 Å². The highest BCUT2D eigenvalue weighted by Gasteiger charge is 2.30. The van der Waals surface area contributed by atoms with E-state index in [0.717, 1.165) is 25.7 Å². The monoisotopic (exact) mass is 287 g/mol. The largest absolute Gasteiger partial charge is 0.491 e. The van der Waals surface area contributed by atoms with Crippen molar-refractivity contribution in [3.8, 4) is 5.75 Å². The Morgan fingerprint density at radius 2 is 2.05 bits per heavy atom. The number of nitro benzene ring substituents is 1. The summed E-state index contributed by atoms with van der Waals surface area (Å²) in [5.41, 5.74) is 6.06. The highest BCUT2D eigenvalue weighted by Crippen LogP contribution is 2.34. The van der Waals surface area contributed by atoms with E-state index in [4.69, 9.17) is 10.5 Å². The number of nitrogens with two attached hydrogens (primary N) is 1. The maximum atomic E-state index is 11.1. The first-order chi connectivity index (χ1) is 10.1. The summed E-state index contributed by atoms with van der Waals surface area (Å²) in [6, 6.07) is 4.73. The standard InChI is InChI=1S/C15H17N3O3/c16-15(6-1-2-7-15)10-21-14-4-3-13(18(19)20)11-5-8-17-9-12(11)14/h3-5,8-9H,1-2,6-7,10,16H2. The van der Waals surface area contributed by atoms with Gasteiger partial charge in [-0.1, -0.05) is 12.8 Å². The van der Waals surface area contributed by atoms with Crippen LogP contribution in [0.15, 0.2) is 30.6 Å². The van der Waals surface area contributed by atoms with Crippen LogP contribution in [0, 0.1) is 10.1 Å². The summed E-state index contributed by atoms with van der Waals surface area (Å²) < 4.78 is 5.85. The van der Waals surface area contributed by atoms with Crippen LogP contribution in [0.25, 0.3) is 10.8 Å². The number of rotatable bonds is 4. The average Bonchev–Trinajstić information content (AvgIpc) is 2.91. The van der Waals surface area contributed by atoms with Crippen LogP contribution in [-0.2, 0) is 0 Å². The smallest absolute Gasteiger partial charge is 0.277 e. The van der Waals surface area contributed by atoms with E-state index in [1.54, 1.807) is 24.5 Å². The predicted octanol–water partition coefficient (Wildman–Crippen LogP) is 2.79. The van der Waals surface area contributed by atoms with Gasteiger partial charge in [-0.15, -0.1) is 0 Å². The fourth-order valence-corrected chi connectivity index (χ4v) is 2.88. The molecule has 1 heterocycles. The van der Waals surface area contributed by atoms with Gasteiger partial charge in [0, 0.05) is 23.8 Å². The quantitative estimate of drug-likeness (QED) is 0.689. The lowest BCUT2D eigenvalue weighted by Crippen LogP contribution is -2.42. The Bertz CT molecular complexity index is 681. The highest BCUT2D eigenvalue weighted by molar-refractivity contribution is 5.94. The number of ether oxygens (including phenoxy) is 1. The number of hydrogen-bond donors (Lipinski definition) is 1. The summed E-state index contributed by atoms with van der Waals surface area (Å²) in [6.45, 7) is 0.425. The Hall–Kier alpha value is -2.21. The van der Waals surface area contributed by atoms with Gasteiger partial charge >= 0.3 is 0 Å². The topological polar surface area (TPSA) is 91.3 Å². The zero-order valence-corrected chi connectivity index (χ0v) is 11.6. The Balaban J connectivity index is 1.92. The molecule has 1 fully saturated rings. The molecule has 2 N–H and O–H groups in total. The molecule has 21 heavy (non-hydrogen) atoms. The van der Waals surface area contributed by atoms with E-state index in [1.165, 1.54) is 6.07 Å². The van der Waals surface area contributed by atoms with Crippen LogP contribution in [0.3, 0.4) is 0 Å². The van der Waals surface area contributed by atoms with Crippen LogP contribution in [0.2, 0.25) is 0 Å². The number of pyridine rings is 1. The van der Waals surface area contributed by atoms with Crippen molar-refractivity contribution >= 4 is 16.5 Å². The predicted molar refractivity (Wildman–Crippen MR) is 79.3 cm³/mol. The van der Waals surface area contributed by atoms with Crippen LogP contribution >= 0.6 is 0 Å². The number of non-ortho nitro benzene ring substituents is 1.